The second-order valence-corrected chi connectivity index (χ2v) is 6.73. The minimum Gasteiger partial charge on any atom is -0.459 e. The minimum absolute atomic E-state index is 0.195. The number of hydrogen-bond donors (Lipinski definition) is 1. The van der Waals surface area contributed by atoms with Gasteiger partial charge in [-0.15, -0.1) is 0 Å². The molecule has 1 aliphatic rings. The topological polar surface area (TPSA) is 93.1 Å². The van der Waals surface area contributed by atoms with Gasteiger partial charge in [0.2, 0.25) is 5.92 Å². The zero-order valence-corrected chi connectivity index (χ0v) is 13.3. The highest BCUT2D eigenvalue weighted by Crippen LogP contribution is 2.40. The lowest BCUT2D eigenvalue weighted by molar-refractivity contribution is -0.283. The first-order valence-electron chi connectivity index (χ1n) is 6.79. The lowest BCUT2D eigenvalue weighted by Crippen LogP contribution is -2.48. The summed E-state index contributed by atoms with van der Waals surface area (Å²) in [5, 5.41) is 0. The van der Waals surface area contributed by atoms with Crippen LogP contribution in [0.25, 0.3) is 0 Å². The fourth-order valence-corrected chi connectivity index (χ4v) is 2.76. The minimum atomic E-state index is -5.96. The van der Waals surface area contributed by atoms with Gasteiger partial charge in [-0.3, -0.25) is 14.2 Å². The summed E-state index contributed by atoms with van der Waals surface area (Å²) in [5.41, 5.74) is 0. The Labute approximate surface area is 138 Å². The van der Waals surface area contributed by atoms with Gasteiger partial charge in [0.1, 0.15) is 11.9 Å². The van der Waals surface area contributed by atoms with Crippen LogP contribution in [0.15, 0.2) is 0 Å². The molecule has 0 aromatic carbocycles. The van der Waals surface area contributed by atoms with Crippen molar-refractivity contribution in [2.75, 3.05) is 38.6 Å². The maximum absolute atomic E-state index is 12.5. The van der Waals surface area contributed by atoms with E-state index in [0.29, 0.717) is 0 Å². The lowest BCUT2D eigenvalue weighted by atomic mass is 10.1. The van der Waals surface area contributed by atoms with Crippen molar-refractivity contribution in [2.45, 2.75) is 18.5 Å². The Morgan fingerprint density at radius 3 is 2.00 bits per heavy atom. The molecule has 1 saturated heterocycles. The Bertz CT molecular complexity index is 542. The molecule has 1 N–H and O–H groups in total. The summed E-state index contributed by atoms with van der Waals surface area (Å²) < 4.78 is 115. The molecule has 0 aromatic rings. The van der Waals surface area contributed by atoms with Gasteiger partial charge in [0.25, 0.3) is 10.1 Å². The number of alkyl halides is 6. The highest BCUT2D eigenvalue weighted by atomic mass is 32.2. The predicted octanol–water partition coefficient (Wildman–Crippen LogP) is 0.859. The fourth-order valence-electron chi connectivity index (χ4n) is 2.12. The summed E-state index contributed by atoms with van der Waals surface area (Å²) in [6, 6.07) is 0. The number of morpholine rings is 1. The maximum atomic E-state index is 12.5. The van der Waals surface area contributed by atoms with Gasteiger partial charge in [0, 0.05) is 19.6 Å². The van der Waals surface area contributed by atoms with E-state index in [4.69, 9.17) is 9.29 Å². The molecule has 1 rings (SSSR count). The summed E-state index contributed by atoms with van der Waals surface area (Å²) in [6.07, 6.45) is -13.8. The van der Waals surface area contributed by atoms with Gasteiger partial charge in [-0.2, -0.15) is 34.8 Å². The standard InChI is InChI=1S/C11H15F6NO6S/c12-10(13,14)8(11(15,16)17)9(19)24-7(6-25(20,21)22)5-18-1-3-23-4-2-18/h7-8H,1-6H2,(H,20,21,22). The quantitative estimate of drug-likeness (QED) is 0.400. The van der Waals surface area contributed by atoms with Gasteiger partial charge in [0.05, 0.1) is 13.2 Å². The molecule has 0 spiro atoms. The van der Waals surface area contributed by atoms with E-state index in [-0.39, 0.29) is 26.3 Å². The van der Waals surface area contributed by atoms with Crippen LogP contribution >= 0.6 is 0 Å². The summed E-state index contributed by atoms with van der Waals surface area (Å²) in [6.45, 7) is 0.306. The molecule has 1 aliphatic heterocycles. The van der Waals surface area contributed by atoms with Crippen LogP contribution in [-0.4, -0.2) is 80.9 Å². The zero-order chi connectivity index (χ0) is 19.5. The second-order valence-electron chi connectivity index (χ2n) is 5.24. The van der Waals surface area contributed by atoms with Crippen molar-refractivity contribution in [2.24, 2.45) is 5.92 Å². The smallest absolute Gasteiger partial charge is 0.411 e. The Balaban J connectivity index is 2.92. The lowest BCUT2D eigenvalue weighted by Gasteiger charge is -2.30. The normalized spacial score (nSPS) is 19.0. The van der Waals surface area contributed by atoms with Crippen molar-refractivity contribution in [3.05, 3.63) is 0 Å². The van der Waals surface area contributed by atoms with Crippen LogP contribution < -0.4 is 0 Å². The molecule has 1 heterocycles. The first kappa shape index (κ1) is 21.9. The van der Waals surface area contributed by atoms with Crippen LogP contribution in [0.2, 0.25) is 0 Å². The number of hydrogen-bond acceptors (Lipinski definition) is 6. The van der Waals surface area contributed by atoms with E-state index in [1.807, 2.05) is 0 Å². The molecule has 7 nitrogen and oxygen atoms in total. The Morgan fingerprint density at radius 2 is 1.60 bits per heavy atom. The molecule has 148 valence electrons. The SMILES string of the molecule is O=C(OC(CN1CCOCC1)CS(=O)(=O)O)C(C(F)(F)F)C(F)(F)F. The molecule has 0 bridgehead atoms. The van der Waals surface area contributed by atoms with Crippen molar-refractivity contribution in [1.82, 2.24) is 4.90 Å². The number of nitrogens with zero attached hydrogens (tertiary/aromatic N) is 1. The van der Waals surface area contributed by atoms with E-state index < -0.39 is 52.8 Å². The van der Waals surface area contributed by atoms with Gasteiger partial charge in [-0.05, 0) is 0 Å². The first-order valence-corrected chi connectivity index (χ1v) is 8.40. The predicted molar refractivity (Wildman–Crippen MR) is 69.2 cm³/mol. The molecule has 0 amide bonds. The maximum Gasteiger partial charge on any atom is 0.411 e. The van der Waals surface area contributed by atoms with Gasteiger partial charge in [-0.25, -0.2) is 0 Å². The van der Waals surface area contributed by atoms with E-state index >= 15 is 0 Å². The molecule has 1 unspecified atom stereocenters. The number of carbonyl (C=O) groups is 1. The van der Waals surface area contributed by atoms with Gasteiger partial charge in [0.15, 0.2) is 0 Å². The van der Waals surface area contributed by atoms with Gasteiger partial charge < -0.3 is 9.47 Å². The molecule has 25 heavy (non-hydrogen) atoms. The Morgan fingerprint density at radius 1 is 1.12 bits per heavy atom. The first-order chi connectivity index (χ1) is 11.2. The van der Waals surface area contributed by atoms with Crippen molar-refractivity contribution >= 4 is 16.1 Å². The van der Waals surface area contributed by atoms with Gasteiger partial charge >= 0.3 is 18.3 Å². The third-order valence-corrected chi connectivity index (χ3v) is 3.93. The molecule has 14 heteroatoms. The fraction of sp³-hybridized carbons (Fsp3) is 0.909. The van der Waals surface area contributed by atoms with Crippen LogP contribution in [0.5, 0.6) is 0 Å². The Kier molecular flexibility index (Phi) is 7.06. The average Bonchev–Trinajstić information content (AvgIpc) is 2.33. The number of ether oxygens (including phenoxy) is 2. The number of esters is 1. The van der Waals surface area contributed by atoms with Crippen molar-refractivity contribution in [1.29, 1.82) is 0 Å². The summed E-state index contributed by atoms with van der Waals surface area (Å²) >= 11 is 0. The van der Waals surface area contributed by atoms with Crippen LogP contribution in [0.1, 0.15) is 0 Å². The van der Waals surface area contributed by atoms with E-state index in [1.165, 1.54) is 4.90 Å². The molecule has 1 atom stereocenters. The summed E-state index contributed by atoms with van der Waals surface area (Å²) in [7, 11) is -4.81. The Hall–Kier alpha value is -1.12. The average molecular weight is 403 g/mol. The summed E-state index contributed by atoms with van der Waals surface area (Å²) in [4.78, 5) is 12.8. The molecular formula is C11H15F6NO6S. The van der Waals surface area contributed by atoms with E-state index in [0.717, 1.165) is 0 Å². The molecule has 1 fully saturated rings. The van der Waals surface area contributed by atoms with Crippen molar-refractivity contribution < 1.29 is 53.6 Å². The highest BCUT2D eigenvalue weighted by Gasteiger charge is 2.62. The van der Waals surface area contributed by atoms with Crippen LogP contribution in [0, 0.1) is 5.92 Å². The molecule has 0 saturated carbocycles. The number of carbonyl (C=O) groups excluding carboxylic acids is 1. The zero-order valence-electron chi connectivity index (χ0n) is 12.5. The number of halogens is 6. The van der Waals surface area contributed by atoms with E-state index in [1.54, 1.807) is 0 Å². The van der Waals surface area contributed by atoms with E-state index in [9.17, 15) is 39.6 Å². The van der Waals surface area contributed by atoms with Crippen LogP contribution in [-0.2, 0) is 24.4 Å². The molecule has 0 aromatic heterocycles. The third kappa shape index (κ3) is 7.75. The van der Waals surface area contributed by atoms with E-state index in [2.05, 4.69) is 4.74 Å². The molecule has 0 radical (unpaired) electrons. The van der Waals surface area contributed by atoms with Crippen LogP contribution in [0.3, 0.4) is 0 Å². The number of rotatable bonds is 6. The third-order valence-electron chi connectivity index (χ3n) is 3.14. The summed E-state index contributed by atoms with van der Waals surface area (Å²) in [5.74, 6) is -8.42. The molecular weight excluding hydrogens is 388 g/mol. The second kappa shape index (κ2) is 8.05. The van der Waals surface area contributed by atoms with Gasteiger partial charge in [-0.1, -0.05) is 0 Å². The van der Waals surface area contributed by atoms with Crippen molar-refractivity contribution in [3.8, 4) is 0 Å². The highest BCUT2D eigenvalue weighted by molar-refractivity contribution is 7.85. The largest absolute Gasteiger partial charge is 0.459 e. The van der Waals surface area contributed by atoms with Crippen LogP contribution in [0.4, 0.5) is 26.3 Å². The molecule has 0 aliphatic carbocycles. The van der Waals surface area contributed by atoms with Crippen molar-refractivity contribution in [3.63, 3.8) is 0 Å². The monoisotopic (exact) mass is 403 g/mol.